The van der Waals surface area contributed by atoms with Gasteiger partial charge in [0.1, 0.15) is 5.75 Å². The Balaban J connectivity index is 2.94. The summed E-state index contributed by atoms with van der Waals surface area (Å²) < 4.78 is 0. The first-order valence-electron chi connectivity index (χ1n) is 3.05. The van der Waals surface area contributed by atoms with Crippen molar-refractivity contribution in [3.05, 3.63) is 29.8 Å². The zero-order chi connectivity index (χ0) is 7.40. The molecule has 0 heterocycles. The Morgan fingerprint density at radius 1 is 1.40 bits per heavy atom. The van der Waals surface area contributed by atoms with Crippen molar-refractivity contribution < 1.29 is 5.11 Å². The van der Waals surface area contributed by atoms with E-state index in [-0.39, 0.29) is 5.75 Å². The number of phenols is 1. The maximum absolute atomic E-state index is 9.15. The number of aromatic hydroxyl groups is 1. The molecule has 0 aliphatic rings. The maximum atomic E-state index is 9.15. The van der Waals surface area contributed by atoms with Crippen LogP contribution in [0.2, 0.25) is 0 Å². The van der Waals surface area contributed by atoms with Crippen LogP contribution in [0.15, 0.2) is 24.3 Å². The van der Waals surface area contributed by atoms with Gasteiger partial charge in [-0.15, -0.1) is 12.3 Å². The van der Waals surface area contributed by atoms with Gasteiger partial charge in [-0.1, -0.05) is 18.2 Å². The summed E-state index contributed by atoms with van der Waals surface area (Å²) in [6.07, 6.45) is 5.56. The highest BCUT2D eigenvalue weighted by Crippen LogP contribution is 2.14. The maximum Gasteiger partial charge on any atom is 0.119 e. The molecule has 1 heteroatoms. The van der Waals surface area contributed by atoms with Gasteiger partial charge < -0.3 is 5.11 Å². The SMILES string of the molecule is C#CCc1ccccc1O. The van der Waals surface area contributed by atoms with Crippen LogP contribution in [0.3, 0.4) is 0 Å². The molecule has 0 aromatic heterocycles. The number of phenolic OH excluding ortho intramolecular Hbond substituents is 1. The molecule has 0 aliphatic carbocycles. The third-order valence-corrected chi connectivity index (χ3v) is 1.28. The Labute approximate surface area is 60.3 Å². The van der Waals surface area contributed by atoms with Gasteiger partial charge in [0.2, 0.25) is 0 Å². The van der Waals surface area contributed by atoms with Gasteiger partial charge in [0.25, 0.3) is 0 Å². The Morgan fingerprint density at radius 2 is 2.10 bits per heavy atom. The molecule has 10 heavy (non-hydrogen) atoms. The van der Waals surface area contributed by atoms with Crippen LogP contribution in [0.1, 0.15) is 5.56 Å². The Morgan fingerprint density at radius 3 is 2.70 bits per heavy atom. The molecule has 0 amide bonds. The van der Waals surface area contributed by atoms with Crippen LogP contribution in [0.4, 0.5) is 0 Å². The van der Waals surface area contributed by atoms with E-state index in [2.05, 4.69) is 5.92 Å². The molecule has 0 unspecified atom stereocenters. The number of hydrogen-bond donors (Lipinski definition) is 1. The molecule has 50 valence electrons. The van der Waals surface area contributed by atoms with Crippen LogP contribution in [0, 0.1) is 12.3 Å². The van der Waals surface area contributed by atoms with Gasteiger partial charge >= 0.3 is 0 Å². The first-order chi connectivity index (χ1) is 4.84. The minimum atomic E-state index is 0.278. The summed E-state index contributed by atoms with van der Waals surface area (Å²) in [7, 11) is 0. The van der Waals surface area contributed by atoms with Gasteiger partial charge in [-0.2, -0.15) is 0 Å². The Bertz CT molecular complexity index is 258. The van der Waals surface area contributed by atoms with Crippen LogP contribution in [0.25, 0.3) is 0 Å². The summed E-state index contributed by atoms with van der Waals surface area (Å²) in [5.41, 5.74) is 0.810. The fraction of sp³-hybridized carbons (Fsp3) is 0.111. The van der Waals surface area contributed by atoms with E-state index in [0.717, 1.165) is 5.56 Å². The van der Waals surface area contributed by atoms with E-state index in [0.29, 0.717) is 6.42 Å². The van der Waals surface area contributed by atoms with Crippen molar-refractivity contribution in [2.45, 2.75) is 6.42 Å². The lowest BCUT2D eigenvalue weighted by Gasteiger charge is -1.96. The predicted octanol–water partition coefficient (Wildman–Crippen LogP) is 1.57. The van der Waals surface area contributed by atoms with Gasteiger partial charge in [-0.05, 0) is 6.07 Å². The fourth-order valence-corrected chi connectivity index (χ4v) is 0.770. The molecule has 0 saturated heterocycles. The smallest absolute Gasteiger partial charge is 0.119 e. The Hall–Kier alpha value is -1.42. The Kier molecular flexibility index (Phi) is 1.96. The first kappa shape index (κ1) is 6.70. The monoisotopic (exact) mass is 132 g/mol. The average molecular weight is 132 g/mol. The van der Waals surface area contributed by atoms with Gasteiger partial charge in [0.05, 0.1) is 0 Å². The largest absolute Gasteiger partial charge is 0.508 e. The molecule has 0 fully saturated rings. The normalized spacial score (nSPS) is 8.70. The van der Waals surface area contributed by atoms with E-state index in [1.165, 1.54) is 0 Å². The summed E-state index contributed by atoms with van der Waals surface area (Å²) in [5, 5.41) is 9.15. The number of hydrogen-bond acceptors (Lipinski definition) is 1. The zero-order valence-electron chi connectivity index (χ0n) is 5.54. The van der Waals surface area contributed by atoms with E-state index in [1.54, 1.807) is 12.1 Å². The van der Waals surface area contributed by atoms with E-state index in [9.17, 15) is 0 Å². The van der Waals surface area contributed by atoms with Crippen LogP contribution < -0.4 is 0 Å². The lowest BCUT2D eigenvalue weighted by atomic mass is 10.1. The minimum absolute atomic E-state index is 0.278. The summed E-state index contributed by atoms with van der Waals surface area (Å²) >= 11 is 0. The number of terminal acetylenes is 1. The van der Waals surface area contributed by atoms with Crippen LogP contribution in [0.5, 0.6) is 5.75 Å². The highest BCUT2D eigenvalue weighted by molar-refractivity contribution is 5.34. The summed E-state index contributed by atoms with van der Waals surface area (Å²) in [5.74, 6) is 2.74. The molecule has 0 radical (unpaired) electrons. The molecule has 0 bridgehead atoms. The van der Waals surface area contributed by atoms with E-state index >= 15 is 0 Å². The molecule has 0 aliphatic heterocycles. The predicted molar refractivity (Wildman–Crippen MR) is 40.6 cm³/mol. The van der Waals surface area contributed by atoms with Crippen LogP contribution in [-0.4, -0.2) is 5.11 Å². The molecule has 0 atom stereocenters. The topological polar surface area (TPSA) is 20.2 Å². The molecular weight excluding hydrogens is 124 g/mol. The molecular formula is C9H8O. The highest BCUT2D eigenvalue weighted by atomic mass is 16.3. The number of benzene rings is 1. The van der Waals surface area contributed by atoms with Crippen LogP contribution in [-0.2, 0) is 6.42 Å². The van der Waals surface area contributed by atoms with Gasteiger partial charge in [0.15, 0.2) is 0 Å². The minimum Gasteiger partial charge on any atom is -0.508 e. The van der Waals surface area contributed by atoms with E-state index in [4.69, 9.17) is 11.5 Å². The number of para-hydroxylation sites is 1. The summed E-state index contributed by atoms with van der Waals surface area (Å²) in [6, 6.07) is 7.07. The van der Waals surface area contributed by atoms with E-state index in [1.807, 2.05) is 12.1 Å². The highest BCUT2D eigenvalue weighted by Gasteiger charge is 1.94. The van der Waals surface area contributed by atoms with Crippen molar-refractivity contribution in [3.63, 3.8) is 0 Å². The molecule has 1 N–H and O–H groups in total. The molecule has 1 rings (SSSR count). The molecule has 1 aromatic rings. The summed E-state index contributed by atoms with van der Waals surface area (Å²) in [4.78, 5) is 0. The van der Waals surface area contributed by atoms with Crippen molar-refractivity contribution in [3.8, 4) is 18.1 Å². The zero-order valence-corrected chi connectivity index (χ0v) is 5.54. The molecule has 0 saturated carbocycles. The third-order valence-electron chi connectivity index (χ3n) is 1.28. The average Bonchev–Trinajstić information content (AvgIpc) is 1.94. The van der Waals surface area contributed by atoms with Crippen molar-refractivity contribution in [2.75, 3.05) is 0 Å². The van der Waals surface area contributed by atoms with Gasteiger partial charge in [0, 0.05) is 12.0 Å². The quantitative estimate of drug-likeness (QED) is 0.575. The van der Waals surface area contributed by atoms with Crippen molar-refractivity contribution in [1.29, 1.82) is 0 Å². The molecule has 1 aromatic carbocycles. The standard InChI is InChI=1S/C9H8O/c1-2-5-8-6-3-4-7-9(8)10/h1,3-4,6-7,10H,5H2. The second kappa shape index (κ2) is 2.93. The van der Waals surface area contributed by atoms with Crippen molar-refractivity contribution >= 4 is 0 Å². The first-order valence-corrected chi connectivity index (χ1v) is 3.05. The number of rotatable bonds is 1. The second-order valence-corrected chi connectivity index (χ2v) is 2.01. The fourth-order valence-electron chi connectivity index (χ4n) is 0.770. The van der Waals surface area contributed by atoms with Gasteiger partial charge in [-0.25, -0.2) is 0 Å². The summed E-state index contributed by atoms with van der Waals surface area (Å²) in [6.45, 7) is 0. The van der Waals surface area contributed by atoms with Crippen LogP contribution >= 0.6 is 0 Å². The second-order valence-electron chi connectivity index (χ2n) is 2.01. The van der Waals surface area contributed by atoms with E-state index < -0.39 is 0 Å². The molecule has 0 spiro atoms. The lowest BCUT2D eigenvalue weighted by Crippen LogP contribution is -1.80. The molecule has 1 nitrogen and oxygen atoms in total. The third kappa shape index (κ3) is 1.29. The van der Waals surface area contributed by atoms with Crippen molar-refractivity contribution in [1.82, 2.24) is 0 Å². The van der Waals surface area contributed by atoms with Crippen molar-refractivity contribution in [2.24, 2.45) is 0 Å². The lowest BCUT2D eigenvalue weighted by molar-refractivity contribution is 0.470. The van der Waals surface area contributed by atoms with Gasteiger partial charge in [-0.3, -0.25) is 0 Å².